The Bertz CT molecular complexity index is 1140. The Morgan fingerprint density at radius 2 is 1.91 bits per heavy atom. The number of likely N-dealkylation sites (tertiary alicyclic amines) is 1. The van der Waals surface area contributed by atoms with E-state index in [2.05, 4.69) is 15.4 Å². The highest BCUT2D eigenvalue weighted by Gasteiger charge is 2.69. The number of amides is 2. The zero-order chi connectivity index (χ0) is 24.9. The molecule has 7 nitrogen and oxygen atoms in total. The third-order valence-electron chi connectivity index (χ3n) is 6.75. The highest BCUT2D eigenvalue weighted by Crippen LogP contribution is 2.55. The van der Waals surface area contributed by atoms with Crippen LogP contribution < -0.4 is 20.1 Å². The Morgan fingerprint density at radius 3 is 2.56 bits per heavy atom. The van der Waals surface area contributed by atoms with E-state index in [0.29, 0.717) is 5.56 Å². The normalized spacial score (nSPS) is 28.3. The fourth-order valence-corrected chi connectivity index (χ4v) is 5.45. The number of para-hydroxylation sites is 1. The number of carbonyl (C=O) groups is 2. The predicted octanol–water partition coefficient (Wildman–Crippen LogP) is 3.09. The van der Waals surface area contributed by atoms with Crippen molar-refractivity contribution in [1.82, 2.24) is 5.32 Å². The summed E-state index contributed by atoms with van der Waals surface area (Å²) in [7, 11) is 4.37. The highest BCUT2D eigenvalue weighted by atomic mass is 19.4. The number of likely N-dealkylation sites (N-methyl/N-ethyl adjacent to an activating group) is 2. The number of methoxy groups -OCH3 is 1. The SMILES string of the molecule is CNC(=O)[C@@H]1C[C@@H](F)C[N+]1(C)C1(c2ccccc2OC)C(=O)Nc2ccc(OC(F)(F)F)cc21. The summed E-state index contributed by atoms with van der Waals surface area (Å²) in [6, 6.07) is 9.01. The third kappa shape index (κ3) is 3.46. The van der Waals surface area contributed by atoms with Crippen LogP contribution >= 0.6 is 0 Å². The summed E-state index contributed by atoms with van der Waals surface area (Å²) >= 11 is 0. The number of hydrogen-bond donors (Lipinski definition) is 2. The standard InChI is InChI=1S/C23H23F4N3O4/c1-28-20(31)18-10-13(24)12-30(18,2)22(15-6-4-5-7-19(15)33-3)16-11-14(34-23(25,26)27)8-9-17(16)29-21(22)32/h4-9,11,13,18H,10,12H2,1-3H3,(H-,28,29,31,32)/p+1/t13-,18+,22?,30?/m1/s1. The monoisotopic (exact) mass is 482 g/mol. The molecule has 0 spiro atoms. The van der Waals surface area contributed by atoms with Gasteiger partial charge >= 0.3 is 6.36 Å². The molecule has 2 N–H and O–H groups in total. The van der Waals surface area contributed by atoms with E-state index < -0.39 is 46.2 Å². The molecule has 0 aromatic heterocycles. The molecule has 2 amide bonds. The number of hydrogen-bond acceptors (Lipinski definition) is 4. The van der Waals surface area contributed by atoms with Gasteiger partial charge in [0.15, 0.2) is 12.2 Å². The summed E-state index contributed by atoms with van der Waals surface area (Å²) in [6.07, 6.45) is -6.54. The maximum atomic E-state index is 15.0. The van der Waals surface area contributed by atoms with E-state index in [9.17, 15) is 27.2 Å². The van der Waals surface area contributed by atoms with Crippen molar-refractivity contribution in [1.29, 1.82) is 0 Å². The molecule has 0 radical (unpaired) electrons. The molecular formula is C23H24F4N3O4+. The van der Waals surface area contributed by atoms with E-state index in [1.54, 1.807) is 31.3 Å². The van der Waals surface area contributed by atoms with Gasteiger partial charge in [0, 0.05) is 13.5 Å². The molecule has 2 aliphatic heterocycles. The van der Waals surface area contributed by atoms with Crippen molar-refractivity contribution in [2.24, 2.45) is 0 Å². The summed E-state index contributed by atoms with van der Waals surface area (Å²) < 4.78 is 63.2. The van der Waals surface area contributed by atoms with Crippen LogP contribution in [0.4, 0.5) is 23.2 Å². The average molecular weight is 482 g/mol. The largest absolute Gasteiger partial charge is 0.573 e. The summed E-state index contributed by atoms with van der Waals surface area (Å²) in [4.78, 5) is 26.8. The van der Waals surface area contributed by atoms with Crippen LogP contribution in [-0.4, -0.2) is 62.6 Å². The van der Waals surface area contributed by atoms with Crippen LogP contribution in [0.2, 0.25) is 0 Å². The van der Waals surface area contributed by atoms with E-state index in [0.717, 1.165) is 12.1 Å². The van der Waals surface area contributed by atoms with E-state index in [-0.39, 0.29) is 30.0 Å². The van der Waals surface area contributed by atoms with Gasteiger partial charge in [0.05, 0.1) is 31.0 Å². The van der Waals surface area contributed by atoms with Gasteiger partial charge in [-0.3, -0.25) is 14.1 Å². The van der Waals surface area contributed by atoms with Crippen molar-refractivity contribution >= 4 is 17.5 Å². The first-order valence-corrected chi connectivity index (χ1v) is 10.5. The van der Waals surface area contributed by atoms with Crippen LogP contribution in [0.1, 0.15) is 17.5 Å². The minimum absolute atomic E-state index is 0.134. The van der Waals surface area contributed by atoms with Crippen molar-refractivity contribution in [3.05, 3.63) is 53.6 Å². The quantitative estimate of drug-likeness (QED) is 0.508. The number of carbonyl (C=O) groups excluding carboxylic acids is 2. The summed E-state index contributed by atoms with van der Waals surface area (Å²) in [6.45, 7) is -0.229. The zero-order valence-corrected chi connectivity index (χ0v) is 18.7. The lowest BCUT2D eigenvalue weighted by Crippen LogP contribution is -2.68. The first-order chi connectivity index (χ1) is 16.0. The minimum atomic E-state index is -4.96. The number of ether oxygens (including phenoxy) is 2. The summed E-state index contributed by atoms with van der Waals surface area (Å²) in [5, 5.41) is 5.25. The Balaban J connectivity index is 2.07. The molecular weight excluding hydrogens is 458 g/mol. The van der Waals surface area contributed by atoms with Crippen molar-refractivity contribution in [3.8, 4) is 11.5 Å². The lowest BCUT2D eigenvalue weighted by Gasteiger charge is -2.48. The first kappa shape index (κ1) is 23.8. The smallest absolute Gasteiger partial charge is 0.496 e. The van der Waals surface area contributed by atoms with Crippen LogP contribution in [0.15, 0.2) is 42.5 Å². The molecule has 4 rings (SSSR count). The van der Waals surface area contributed by atoms with Crippen molar-refractivity contribution < 1.29 is 41.1 Å². The fourth-order valence-electron chi connectivity index (χ4n) is 5.45. The molecule has 0 bridgehead atoms. The Morgan fingerprint density at radius 1 is 1.21 bits per heavy atom. The van der Waals surface area contributed by atoms with Crippen LogP contribution in [-0.2, 0) is 15.1 Å². The minimum Gasteiger partial charge on any atom is -0.496 e. The predicted molar refractivity (Wildman–Crippen MR) is 114 cm³/mol. The maximum Gasteiger partial charge on any atom is 0.573 e. The van der Waals surface area contributed by atoms with Crippen LogP contribution in [0.3, 0.4) is 0 Å². The number of benzene rings is 2. The average Bonchev–Trinajstić information content (AvgIpc) is 3.25. The Hall–Kier alpha value is -3.34. The van der Waals surface area contributed by atoms with Crippen LogP contribution in [0.5, 0.6) is 11.5 Å². The molecule has 1 fully saturated rings. The van der Waals surface area contributed by atoms with Gasteiger partial charge in [0.25, 0.3) is 11.8 Å². The number of nitrogens with one attached hydrogen (secondary N) is 2. The number of anilines is 1. The number of alkyl halides is 4. The second kappa shape index (κ2) is 8.15. The number of fused-ring (bicyclic) bond motifs is 1. The van der Waals surface area contributed by atoms with E-state index >= 15 is 0 Å². The molecule has 182 valence electrons. The van der Waals surface area contributed by atoms with Gasteiger partial charge in [-0.05, 0) is 30.3 Å². The topological polar surface area (TPSA) is 76.7 Å². The molecule has 4 atom stereocenters. The second-order valence-electron chi connectivity index (χ2n) is 8.53. The van der Waals surface area contributed by atoms with Gasteiger partial charge in [0.1, 0.15) is 18.0 Å². The molecule has 2 unspecified atom stereocenters. The summed E-state index contributed by atoms with van der Waals surface area (Å²) in [5.74, 6) is -1.37. The van der Waals surface area contributed by atoms with Crippen LogP contribution in [0.25, 0.3) is 0 Å². The molecule has 2 aromatic rings. The van der Waals surface area contributed by atoms with Gasteiger partial charge in [-0.2, -0.15) is 0 Å². The molecule has 2 aromatic carbocycles. The Labute approximate surface area is 193 Å². The zero-order valence-electron chi connectivity index (χ0n) is 18.7. The lowest BCUT2D eigenvalue weighted by molar-refractivity contribution is -0.953. The van der Waals surface area contributed by atoms with Gasteiger partial charge in [-0.15, -0.1) is 13.2 Å². The maximum absolute atomic E-state index is 15.0. The second-order valence-corrected chi connectivity index (χ2v) is 8.53. The van der Waals surface area contributed by atoms with Gasteiger partial charge in [0.2, 0.25) is 5.54 Å². The van der Waals surface area contributed by atoms with Crippen LogP contribution in [0, 0.1) is 0 Å². The number of halogens is 4. The molecule has 11 heteroatoms. The number of nitrogens with zero attached hydrogens (tertiary/aromatic N) is 1. The highest BCUT2D eigenvalue weighted by molar-refractivity contribution is 6.08. The first-order valence-electron chi connectivity index (χ1n) is 10.5. The Kier molecular flexibility index (Phi) is 5.71. The molecule has 0 aliphatic carbocycles. The lowest BCUT2D eigenvalue weighted by atomic mass is 9.78. The van der Waals surface area contributed by atoms with Gasteiger partial charge in [-0.25, -0.2) is 4.39 Å². The fraction of sp³-hybridized carbons (Fsp3) is 0.391. The van der Waals surface area contributed by atoms with Crippen molar-refractivity contribution in [3.63, 3.8) is 0 Å². The number of quaternary nitrogens is 1. The summed E-state index contributed by atoms with van der Waals surface area (Å²) in [5.41, 5.74) is -1.13. The molecule has 2 aliphatic rings. The van der Waals surface area contributed by atoms with Gasteiger partial charge in [-0.1, -0.05) is 12.1 Å². The molecule has 34 heavy (non-hydrogen) atoms. The third-order valence-corrected chi connectivity index (χ3v) is 6.75. The van der Waals surface area contributed by atoms with E-state index in [1.807, 2.05) is 0 Å². The van der Waals surface area contributed by atoms with Crippen molar-refractivity contribution in [2.75, 3.05) is 33.1 Å². The van der Waals surface area contributed by atoms with Crippen molar-refractivity contribution in [2.45, 2.75) is 30.5 Å². The van der Waals surface area contributed by atoms with E-state index in [4.69, 9.17) is 4.74 Å². The molecule has 2 heterocycles. The molecule has 0 saturated carbocycles. The molecule has 1 saturated heterocycles. The number of rotatable bonds is 5. The van der Waals surface area contributed by atoms with E-state index in [1.165, 1.54) is 20.2 Å². The van der Waals surface area contributed by atoms with Gasteiger partial charge < -0.3 is 20.1 Å².